The lowest BCUT2D eigenvalue weighted by Crippen LogP contribution is -2.48. The molecule has 0 unspecified atom stereocenters. The molecular formula is C20H24N2OS. The molecule has 0 atom stereocenters. The molecule has 3 nitrogen and oxygen atoms in total. The van der Waals surface area contributed by atoms with Crippen molar-refractivity contribution in [2.75, 3.05) is 19.6 Å². The summed E-state index contributed by atoms with van der Waals surface area (Å²) in [6, 6.07) is 14.5. The molecule has 1 heterocycles. The van der Waals surface area contributed by atoms with Gasteiger partial charge in [0.15, 0.2) is 0 Å². The van der Waals surface area contributed by atoms with Crippen LogP contribution < -0.4 is 10.6 Å². The van der Waals surface area contributed by atoms with E-state index in [2.05, 4.69) is 48.7 Å². The smallest absolute Gasteiger partial charge is 0.251 e. The lowest BCUT2D eigenvalue weighted by molar-refractivity contribution is 0.0942. The lowest BCUT2D eigenvalue weighted by Gasteiger charge is -2.27. The van der Waals surface area contributed by atoms with Crippen molar-refractivity contribution in [3.8, 4) is 0 Å². The minimum absolute atomic E-state index is 0.0282. The lowest BCUT2D eigenvalue weighted by atomic mass is 10.0. The molecule has 3 rings (SSSR count). The molecule has 0 spiro atoms. The molecule has 4 heteroatoms. The molecule has 1 saturated heterocycles. The number of hydrogen-bond acceptors (Lipinski definition) is 3. The number of benzene rings is 2. The van der Waals surface area contributed by atoms with Crippen molar-refractivity contribution < 1.29 is 4.79 Å². The first-order chi connectivity index (χ1) is 11.6. The number of hydrogen-bond donors (Lipinski definition) is 2. The predicted octanol–water partition coefficient (Wildman–Crippen LogP) is 3.54. The van der Waals surface area contributed by atoms with Crippen LogP contribution in [0.1, 0.15) is 27.0 Å². The first-order valence-corrected chi connectivity index (χ1v) is 9.38. The van der Waals surface area contributed by atoms with Gasteiger partial charge in [-0.05, 0) is 43.2 Å². The van der Waals surface area contributed by atoms with Gasteiger partial charge in [0.25, 0.3) is 5.91 Å². The summed E-state index contributed by atoms with van der Waals surface area (Å²) >= 11 is 1.83. The van der Waals surface area contributed by atoms with Gasteiger partial charge in [-0.25, -0.2) is 0 Å². The molecule has 24 heavy (non-hydrogen) atoms. The first-order valence-electron chi connectivity index (χ1n) is 8.40. The molecular weight excluding hydrogens is 316 g/mol. The summed E-state index contributed by atoms with van der Waals surface area (Å²) < 4.78 is 0. The Morgan fingerprint density at radius 3 is 2.79 bits per heavy atom. The molecule has 0 bridgehead atoms. The predicted molar refractivity (Wildman–Crippen MR) is 101 cm³/mol. The van der Waals surface area contributed by atoms with Crippen LogP contribution in [0.5, 0.6) is 0 Å². The molecule has 0 radical (unpaired) electrons. The normalized spacial score (nSPS) is 14.2. The van der Waals surface area contributed by atoms with E-state index in [-0.39, 0.29) is 5.91 Å². The third kappa shape index (κ3) is 4.40. The fourth-order valence-corrected chi connectivity index (χ4v) is 3.72. The van der Waals surface area contributed by atoms with Crippen molar-refractivity contribution in [3.05, 3.63) is 64.7 Å². The molecule has 1 fully saturated rings. The van der Waals surface area contributed by atoms with Crippen molar-refractivity contribution in [2.24, 2.45) is 5.92 Å². The average molecular weight is 340 g/mol. The summed E-state index contributed by atoms with van der Waals surface area (Å²) in [4.78, 5) is 13.6. The number of carbonyl (C=O) groups is 1. The van der Waals surface area contributed by atoms with E-state index >= 15 is 0 Å². The third-order valence-electron chi connectivity index (χ3n) is 4.34. The first kappa shape index (κ1) is 17.1. The molecule has 0 saturated carbocycles. The maximum Gasteiger partial charge on any atom is 0.251 e. The molecule has 1 aliphatic heterocycles. The topological polar surface area (TPSA) is 41.1 Å². The molecule has 2 aromatic rings. The van der Waals surface area contributed by atoms with Crippen LogP contribution in [0.3, 0.4) is 0 Å². The zero-order valence-electron chi connectivity index (χ0n) is 14.3. The van der Waals surface area contributed by atoms with Crippen molar-refractivity contribution in [3.63, 3.8) is 0 Å². The molecule has 2 N–H and O–H groups in total. The van der Waals surface area contributed by atoms with E-state index in [0.29, 0.717) is 5.92 Å². The highest BCUT2D eigenvalue weighted by molar-refractivity contribution is 7.98. The second kappa shape index (κ2) is 7.86. The standard InChI is InChI=1S/C20H24N2OS/c1-14-6-7-15(2)19(8-14)24-13-16-4-3-5-18(9-16)20(23)22-12-17-10-21-11-17/h3-9,17,21H,10-13H2,1-2H3,(H,22,23). The molecule has 126 valence electrons. The van der Waals surface area contributed by atoms with Gasteiger partial charge in [-0.15, -0.1) is 11.8 Å². The average Bonchev–Trinajstić information content (AvgIpc) is 2.54. The molecule has 1 aliphatic rings. The van der Waals surface area contributed by atoms with E-state index in [1.54, 1.807) is 0 Å². The van der Waals surface area contributed by atoms with Crippen LogP contribution in [0.2, 0.25) is 0 Å². The summed E-state index contributed by atoms with van der Waals surface area (Å²) in [6.45, 7) is 7.03. The Morgan fingerprint density at radius 2 is 2.04 bits per heavy atom. The molecule has 2 aromatic carbocycles. The summed E-state index contributed by atoms with van der Waals surface area (Å²) in [6.07, 6.45) is 0. The van der Waals surface area contributed by atoms with E-state index in [0.717, 1.165) is 31.0 Å². The monoisotopic (exact) mass is 340 g/mol. The van der Waals surface area contributed by atoms with Gasteiger partial charge in [0.05, 0.1) is 0 Å². The van der Waals surface area contributed by atoms with Crippen molar-refractivity contribution in [1.29, 1.82) is 0 Å². The van der Waals surface area contributed by atoms with E-state index < -0.39 is 0 Å². The Labute approximate surface area is 148 Å². The van der Waals surface area contributed by atoms with Gasteiger partial charge < -0.3 is 10.6 Å². The highest BCUT2D eigenvalue weighted by Gasteiger charge is 2.17. The fraction of sp³-hybridized carbons (Fsp3) is 0.350. The summed E-state index contributed by atoms with van der Waals surface area (Å²) in [5.41, 5.74) is 4.51. The van der Waals surface area contributed by atoms with Crippen molar-refractivity contribution in [2.45, 2.75) is 24.5 Å². The van der Waals surface area contributed by atoms with Crippen LogP contribution in [0, 0.1) is 19.8 Å². The van der Waals surface area contributed by atoms with E-state index in [1.807, 2.05) is 30.0 Å². The van der Waals surface area contributed by atoms with Gasteiger partial charge in [-0.2, -0.15) is 0 Å². The Bertz CT molecular complexity index is 725. The van der Waals surface area contributed by atoms with E-state index in [4.69, 9.17) is 0 Å². The number of nitrogens with one attached hydrogen (secondary N) is 2. The second-order valence-corrected chi connectivity index (χ2v) is 7.51. The van der Waals surface area contributed by atoms with Gasteiger partial charge in [0, 0.05) is 41.8 Å². The van der Waals surface area contributed by atoms with E-state index in [9.17, 15) is 4.79 Å². The fourth-order valence-electron chi connectivity index (χ4n) is 2.66. The van der Waals surface area contributed by atoms with Crippen LogP contribution in [0.25, 0.3) is 0 Å². The number of amides is 1. The Hall–Kier alpha value is -1.78. The molecule has 0 aromatic heterocycles. The Morgan fingerprint density at radius 1 is 1.21 bits per heavy atom. The molecule has 0 aliphatic carbocycles. The maximum absolute atomic E-state index is 12.3. The largest absolute Gasteiger partial charge is 0.352 e. The quantitative estimate of drug-likeness (QED) is 0.790. The van der Waals surface area contributed by atoms with Crippen molar-refractivity contribution >= 4 is 17.7 Å². The highest BCUT2D eigenvalue weighted by Crippen LogP contribution is 2.27. The van der Waals surface area contributed by atoms with Crippen molar-refractivity contribution in [1.82, 2.24) is 10.6 Å². The summed E-state index contributed by atoms with van der Waals surface area (Å²) in [7, 11) is 0. The third-order valence-corrected chi connectivity index (χ3v) is 5.57. The minimum atomic E-state index is 0.0282. The maximum atomic E-state index is 12.3. The zero-order valence-corrected chi connectivity index (χ0v) is 15.1. The van der Waals surface area contributed by atoms with Gasteiger partial charge >= 0.3 is 0 Å². The minimum Gasteiger partial charge on any atom is -0.352 e. The van der Waals surface area contributed by atoms with Gasteiger partial charge in [0.1, 0.15) is 0 Å². The SMILES string of the molecule is Cc1ccc(C)c(SCc2cccc(C(=O)NCC3CNC3)c2)c1. The highest BCUT2D eigenvalue weighted by atomic mass is 32.2. The van der Waals surface area contributed by atoms with Crippen LogP contribution in [0.15, 0.2) is 47.4 Å². The zero-order chi connectivity index (χ0) is 16.9. The second-order valence-electron chi connectivity index (χ2n) is 6.49. The number of carbonyl (C=O) groups excluding carboxylic acids is 1. The number of aryl methyl sites for hydroxylation is 2. The van der Waals surface area contributed by atoms with Gasteiger partial charge in [0.2, 0.25) is 0 Å². The number of rotatable bonds is 6. The Balaban J connectivity index is 1.60. The number of thioether (sulfide) groups is 1. The summed E-state index contributed by atoms with van der Waals surface area (Å²) in [5, 5.41) is 6.25. The van der Waals surface area contributed by atoms with Crippen LogP contribution in [-0.4, -0.2) is 25.5 Å². The molecule has 1 amide bonds. The van der Waals surface area contributed by atoms with Crippen LogP contribution in [-0.2, 0) is 5.75 Å². The van der Waals surface area contributed by atoms with E-state index in [1.165, 1.54) is 21.6 Å². The summed E-state index contributed by atoms with van der Waals surface area (Å²) in [5.74, 6) is 1.48. The van der Waals surface area contributed by atoms with Gasteiger partial charge in [-0.3, -0.25) is 4.79 Å². The van der Waals surface area contributed by atoms with Crippen LogP contribution >= 0.6 is 11.8 Å². The van der Waals surface area contributed by atoms with Gasteiger partial charge in [-0.1, -0.05) is 29.8 Å². The Kier molecular flexibility index (Phi) is 5.59. The van der Waals surface area contributed by atoms with Crippen LogP contribution in [0.4, 0.5) is 0 Å².